The van der Waals surface area contributed by atoms with Crippen LogP contribution in [0.15, 0.2) is 0 Å². The Balaban J connectivity index is 1.59. The molecule has 1 amide bonds. The summed E-state index contributed by atoms with van der Waals surface area (Å²) in [6.07, 6.45) is 6.55. The van der Waals surface area contributed by atoms with Crippen LogP contribution in [0.4, 0.5) is 0 Å². The van der Waals surface area contributed by atoms with E-state index >= 15 is 0 Å². The van der Waals surface area contributed by atoms with Crippen molar-refractivity contribution >= 4 is 11.9 Å². The van der Waals surface area contributed by atoms with Crippen LogP contribution >= 0.6 is 0 Å². The van der Waals surface area contributed by atoms with Crippen LogP contribution in [0.5, 0.6) is 0 Å². The molecule has 136 valence electrons. The van der Waals surface area contributed by atoms with Gasteiger partial charge in [-0.25, -0.2) is 0 Å². The molecule has 0 bridgehead atoms. The van der Waals surface area contributed by atoms with E-state index in [1.54, 1.807) is 0 Å². The summed E-state index contributed by atoms with van der Waals surface area (Å²) in [6, 6.07) is 0.00712. The summed E-state index contributed by atoms with van der Waals surface area (Å²) in [5.74, 6) is 0.926. The van der Waals surface area contributed by atoms with Crippen LogP contribution in [0.3, 0.4) is 0 Å². The lowest BCUT2D eigenvalue weighted by atomic mass is 9.78. The molecular weight excluding hydrogens is 308 g/mol. The first-order valence-electron chi connectivity index (χ1n) is 9.33. The van der Waals surface area contributed by atoms with Gasteiger partial charge in [0.1, 0.15) is 0 Å². The second kappa shape index (κ2) is 7.83. The number of ether oxygens (including phenoxy) is 2. The Morgan fingerprint density at radius 2 is 2.12 bits per heavy atom. The summed E-state index contributed by atoms with van der Waals surface area (Å²) in [6.45, 7) is 2.97. The van der Waals surface area contributed by atoms with Gasteiger partial charge >= 0.3 is 5.97 Å². The molecule has 3 fully saturated rings. The van der Waals surface area contributed by atoms with Crippen molar-refractivity contribution in [1.29, 1.82) is 0 Å². The van der Waals surface area contributed by atoms with Crippen LogP contribution in [0.1, 0.15) is 51.9 Å². The van der Waals surface area contributed by atoms with Gasteiger partial charge in [-0.3, -0.25) is 9.59 Å². The number of carbonyl (C=O) groups is 2. The molecule has 6 atom stereocenters. The summed E-state index contributed by atoms with van der Waals surface area (Å²) in [4.78, 5) is 24.4. The molecule has 2 heterocycles. The number of carbonyl (C=O) groups excluding carboxylic acids is 2. The molecule has 24 heavy (non-hydrogen) atoms. The van der Waals surface area contributed by atoms with E-state index in [0.29, 0.717) is 24.5 Å². The van der Waals surface area contributed by atoms with Gasteiger partial charge in [-0.05, 0) is 43.9 Å². The quantitative estimate of drug-likeness (QED) is 0.741. The molecule has 6 nitrogen and oxygen atoms in total. The molecule has 1 aliphatic carbocycles. The maximum absolute atomic E-state index is 12.8. The van der Waals surface area contributed by atoms with E-state index in [0.717, 1.165) is 19.3 Å². The zero-order chi connectivity index (χ0) is 17.1. The fourth-order valence-corrected chi connectivity index (χ4v) is 4.62. The first-order valence-corrected chi connectivity index (χ1v) is 9.33. The number of hydrogen-bond donors (Lipinski definition) is 2. The molecule has 1 saturated carbocycles. The Kier molecular flexibility index (Phi) is 5.76. The van der Waals surface area contributed by atoms with Crippen molar-refractivity contribution in [3.8, 4) is 0 Å². The molecule has 0 aromatic carbocycles. The van der Waals surface area contributed by atoms with Crippen molar-refractivity contribution in [3.05, 3.63) is 0 Å². The van der Waals surface area contributed by atoms with Gasteiger partial charge in [-0.15, -0.1) is 0 Å². The maximum Gasteiger partial charge on any atom is 0.307 e. The van der Waals surface area contributed by atoms with Gasteiger partial charge in [-0.2, -0.15) is 0 Å². The summed E-state index contributed by atoms with van der Waals surface area (Å²) in [5, 5.41) is 6.60. The Morgan fingerprint density at radius 1 is 1.29 bits per heavy atom. The van der Waals surface area contributed by atoms with E-state index in [-0.39, 0.29) is 36.5 Å². The minimum atomic E-state index is -0.308. The number of rotatable bonds is 5. The van der Waals surface area contributed by atoms with Crippen molar-refractivity contribution in [2.75, 3.05) is 13.7 Å². The van der Waals surface area contributed by atoms with Gasteiger partial charge < -0.3 is 20.1 Å². The van der Waals surface area contributed by atoms with Crippen molar-refractivity contribution in [1.82, 2.24) is 10.6 Å². The highest BCUT2D eigenvalue weighted by Gasteiger charge is 2.42. The molecule has 6 heteroatoms. The Hall–Kier alpha value is -1.14. The number of hydrogen-bond acceptors (Lipinski definition) is 5. The Labute approximate surface area is 144 Å². The van der Waals surface area contributed by atoms with Crippen molar-refractivity contribution in [3.63, 3.8) is 0 Å². The molecule has 2 saturated heterocycles. The van der Waals surface area contributed by atoms with Crippen molar-refractivity contribution < 1.29 is 19.1 Å². The molecule has 0 spiro atoms. The van der Waals surface area contributed by atoms with E-state index in [2.05, 4.69) is 17.6 Å². The van der Waals surface area contributed by atoms with Crippen LogP contribution < -0.4 is 10.6 Å². The van der Waals surface area contributed by atoms with E-state index in [9.17, 15) is 9.59 Å². The van der Waals surface area contributed by atoms with Crippen LogP contribution in [0.25, 0.3) is 0 Å². The lowest BCUT2D eigenvalue weighted by molar-refractivity contribution is -0.142. The predicted molar refractivity (Wildman–Crippen MR) is 89.4 cm³/mol. The number of esters is 1. The van der Waals surface area contributed by atoms with Crippen LogP contribution in [-0.2, 0) is 19.1 Å². The predicted octanol–water partition coefficient (Wildman–Crippen LogP) is 1.38. The molecule has 3 aliphatic rings. The summed E-state index contributed by atoms with van der Waals surface area (Å²) >= 11 is 0. The Bertz CT molecular complexity index is 464. The first-order chi connectivity index (χ1) is 11.6. The molecule has 2 N–H and O–H groups in total. The van der Waals surface area contributed by atoms with E-state index < -0.39 is 0 Å². The fourth-order valence-electron chi connectivity index (χ4n) is 4.62. The third-order valence-electron chi connectivity index (χ3n) is 5.96. The lowest BCUT2D eigenvalue weighted by Crippen LogP contribution is -2.51. The largest absolute Gasteiger partial charge is 0.469 e. The zero-order valence-corrected chi connectivity index (χ0v) is 14.8. The topological polar surface area (TPSA) is 76.7 Å². The van der Waals surface area contributed by atoms with Crippen LogP contribution in [-0.4, -0.2) is 49.8 Å². The fraction of sp³-hybridized carbons (Fsp3) is 0.889. The average molecular weight is 338 g/mol. The molecular formula is C18H30N2O4. The SMILES string of the molecule is COC(=O)CC(NC(=O)C1CC2CCCC(C)C2N1)C1CCCO1. The van der Waals surface area contributed by atoms with E-state index in [4.69, 9.17) is 9.47 Å². The molecule has 0 radical (unpaired) electrons. The first kappa shape index (κ1) is 17.7. The minimum Gasteiger partial charge on any atom is -0.469 e. The Morgan fingerprint density at radius 3 is 2.79 bits per heavy atom. The van der Waals surface area contributed by atoms with Gasteiger partial charge in [0.15, 0.2) is 0 Å². The van der Waals surface area contributed by atoms with E-state index in [1.807, 2.05) is 0 Å². The second-order valence-corrected chi connectivity index (χ2v) is 7.60. The highest BCUT2D eigenvalue weighted by Crippen LogP contribution is 2.36. The number of nitrogens with one attached hydrogen (secondary N) is 2. The highest BCUT2D eigenvalue weighted by molar-refractivity contribution is 5.83. The summed E-state index contributed by atoms with van der Waals surface area (Å²) in [7, 11) is 1.38. The van der Waals surface area contributed by atoms with Crippen LogP contribution in [0, 0.1) is 11.8 Å². The van der Waals surface area contributed by atoms with Gasteiger partial charge in [0, 0.05) is 12.6 Å². The third-order valence-corrected chi connectivity index (χ3v) is 5.96. The summed E-state index contributed by atoms with van der Waals surface area (Å²) in [5.41, 5.74) is 0. The van der Waals surface area contributed by atoms with Gasteiger partial charge in [0.05, 0.1) is 31.7 Å². The number of fused-ring (bicyclic) bond motifs is 1. The highest BCUT2D eigenvalue weighted by atomic mass is 16.5. The van der Waals surface area contributed by atoms with Gasteiger partial charge in [0.2, 0.25) is 5.91 Å². The second-order valence-electron chi connectivity index (χ2n) is 7.60. The molecule has 6 unspecified atom stereocenters. The van der Waals surface area contributed by atoms with E-state index in [1.165, 1.54) is 26.4 Å². The van der Waals surface area contributed by atoms with Crippen LogP contribution in [0.2, 0.25) is 0 Å². The third kappa shape index (κ3) is 3.91. The number of methoxy groups -OCH3 is 1. The summed E-state index contributed by atoms with van der Waals surface area (Å²) < 4.78 is 10.5. The van der Waals surface area contributed by atoms with Gasteiger partial charge in [0.25, 0.3) is 0 Å². The molecule has 0 aromatic heterocycles. The minimum absolute atomic E-state index is 0.000929. The van der Waals surface area contributed by atoms with Gasteiger partial charge in [-0.1, -0.05) is 13.3 Å². The standard InChI is InChI=1S/C18H30N2O4/c1-11-5-3-6-12-9-14(19-17(11)12)18(22)20-13(10-16(21)23-2)15-7-4-8-24-15/h11-15,17,19H,3-10H2,1-2H3,(H,20,22). The average Bonchev–Trinajstić information content (AvgIpc) is 3.24. The molecule has 2 aliphatic heterocycles. The molecule has 0 aromatic rings. The number of amides is 1. The normalized spacial score (nSPS) is 36.8. The molecule has 3 rings (SSSR count). The monoisotopic (exact) mass is 338 g/mol. The van der Waals surface area contributed by atoms with Crippen molar-refractivity contribution in [2.24, 2.45) is 11.8 Å². The van der Waals surface area contributed by atoms with Crippen molar-refractivity contribution in [2.45, 2.75) is 76.1 Å². The zero-order valence-electron chi connectivity index (χ0n) is 14.8. The lowest BCUT2D eigenvalue weighted by Gasteiger charge is -2.31. The smallest absolute Gasteiger partial charge is 0.307 e. The maximum atomic E-state index is 12.8.